The summed E-state index contributed by atoms with van der Waals surface area (Å²) in [7, 11) is -1.58. The summed E-state index contributed by atoms with van der Waals surface area (Å²) in [6.07, 6.45) is 6.54. The number of hydrogen-bond acceptors (Lipinski definition) is 5. The van der Waals surface area contributed by atoms with Gasteiger partial charge in [0.25, 0.3) is 5.91 Å². The molecule has 7 heteroatoms. The van der Waals surface area contributed by atoms with E-state index < -0.39 is 7.12 Å². The molecule has 2 aliphatic carbocycles. The minimum absolute atomic E-state index is 0.118. The van der Waals surface area contributed by atoms with Crippen molar-refractivity contribution in [2.24, 2.45) is 0 Å². The highest BCUT2D eigenvalue weighted by Gasteiger charge is 2.39. The molecule has 1 amide bonds. The molecular weight excluding hydrogens is 323 g/mol. The van der Waals surface area contributed by atoms with E-state index in [0.29, 0.717) is 28.3 Å². The van der Waals surface area contributed by atoms with Crippen molar-refractivity contribution in [2.75, 3.05) is 11.4 Å². The number of fused-ring (bicyclic) bond motifs is 1. The average Bonchev–Trinajstić information content (AvgIpc) is 2.89. The Balaban J connectivity index is 1.69. The van der Waals surface area contributed by atoms with E-state index in [4.69, 9.17) is 12.2 Å². The van der Waals surface area contributed by atoms with E-state index >= 15 is 0 Å². The summed E-state index contributed by atoms with van der Waals surface area (Å²) in [6, 6.07) is 3.06. The number of aromatic nitrogens is 1. The van der Waals surface area contributed by atoms with Gasteiger partial charge in [0, 0.05) is 12.7 Å². The van der Waals surface area contributed by atoms with Crippen molar-refractivity contribution >= 4 is 41.4 Å². The number of allylic oxidation sites excluding steroid dienone is 2. The number of carbonyl (C=O) groups excluding carboxylic acids is 1. The van der Waals surface area contributed by atoms with Gasteiger partial charge in [-0.05, 0) is 66.4 Å². The molecule has 0 atom stereocenters. The van der Waals surface area contributed by atoms with E-state index in [1.54, 1.807) is 11.0 Å². The summed E-state index contributed by atoms with van der Waals surface area (Å²) in [5, 5.41) is 18.7. The average molecular weight is 340 g/mol. The Bertz CT molecular complexity index is 816. The highest BCUT2D eigenvalue weighted by atomic mass is 32.1. The van der Waals surface area contributed by atoms with Crippen molar-refractivity contribution in [1.82, 2.24) is 4.98 Å². The molecule has 0 unspecified atom stereocenters. The predicted octanol–water partition coefficient (Wildman–Crippen LogP) is 1.05. The molecule has 1 aromatic rings. The lowest BCUT2D eigenvalue weighted by Gasteiger charge is -2.28. The van der Waals surface area contributed by atoms with E-state index in [-0.39, 0.29) is 5.91 Å². The topological polar surface area (TPSA) is 73.7 Å². The molecule has 4 rings (SSSR count). The van der Waals surface area contributed by atoms with Crippen LogP contribution < -0.4 is 10.4 Å². The lowest BCUT2D eigenvalue weighted by molar-refractivity contribution is -0.115. The second-order valence-electron chi connectivity index (χ2n) is 6.37. The minimum Gasteiger partial charge on any atom is -0.423 e. The number of anilines is 1. The van der Waals surface area contributed by atoms with E-state index in [9.17, 15) is 14.8 Å². The summed E-state index contributed by atoms with van der Waals surface area (Å²) in [4.78, 5) is 19.6. The van der Waals surface area contributed by atoms with Crippen molar-refractivity contribution < 1.29 is 14.8 Å². The first-order valence-electron chi connectivity index (χ1n) is 8.22. The molecule has 0 spiro atoms. The summed E-state index contributed by atoms with van der Waals surface area (Å²) >= 11 is 5.60. The quantitative estimate of drug-likeness (QED) is 0.622. The van der Waals surface area contributed by atoms with Crippen LogP contribution in [-0.4, -0.2) is 39.5 Å². The molecule has 5 nitrogen and oxygen atoms in total. The lowest BCUT2D eigenvalue weighted by atomic mass is 9.81. The van der Waals surface area contributed by atoms with Crippen molar-refractivity contribution in [3.8, 4) is 0 Å². The van der Waals surface area contributed by atoms with E-state index in [0.717, 1.165) is 37.7 Å². The molecule has 1 aliphatic heterocycles. The molecule has 0 fully saturated rings. The fourth-order valence-electron chi connectivity index (χ4n) is 3.85. The molecule has 122 valence electrons. The Morgan fingerprint density at radius 2 is 1.88 bits per heavy atom. The van der Waals surface area contributed by atoms with Gasteiger partial charge in [-0.2, -0.15) is 0 Å². The van der Waals surface area contributed by atoms with Crippen LogP contribution in [-0.2, 0) is 4.79 Å². The van der Waals surface area contributed by atoms with Crippen LogP contribution in [0.15, 0.2) is 40.6 Å². The monoisotopic (exact) mass is 340 g/mol. The van der Waals surface area contributed by atoms with Gasteiger partial charge in [0.2, 0.25) is 0 Å². The number of thiocarbonyl (C=S) groups is 1. The maximum absolute atomic E-state index is 13.0. The Labute approximate surface area is 145 Å². The van der Waals surface area contributed by atoms with Gasteiger partial charge in [0.1, 0.15) is 5.82 Å². The van der Waals surface area contributed by atoms with Gasteiger partial charge < -0.3 is 10.0 Å². The summed E-state index contributed by atoms with van der Waals surface area (Å²) < 4.78 is 0. The first kappa shape index (κ1) is 15.7. The minimum atomic E-state index is -1.58. The number of pyridine rings is 1. The Morgan fingerprint density at radius 1 is 1.12 bits per heavy atom. The second kappa shape index (κ2) is 5.91. The molecule has 0 radical (unpaired) electrons. The maximum Gasteiger partial charge on any atom is 0.488 e. The normalized spacial score (nSPS) is 20.5. The van der Waals surface area contributed by atoms with Gasteiger partial charge in [0.05, 0.1) is 10.4 Å². The van der Waals surface area contributed by atoms with Crippen LogP contribution in [0.3, 0.4) is 0 Å². The van der Waals surface area contributed by atoms with Gasteiger partial charge in [-0.15, -0.1) is 0 Å². The maximum atomic E-state index is 13.0. The Morgan fingerprint density at radius 3 is 2.62 bits per heavy atom. The van der Waals surface area contributed by atoms with E-state index in [1.165, 1.54) is 23.4 Å². The van der Waals surface area contributed by atoms with E-state index in [2.05, 4.69) is 4.98 Å². The van der Waals surface area contributed by atoms with Crippen LogP contribution in [0.2, 0.25) is 0 Å². The van der Waals surface area contributed by atoms with Crippen molar-refractivity contribution in [3.05, 3.63) is 40.6 Å². The number of amides is 1. The molecule has 0 aromatic carbocycles. The van der Waals surface area contributed by atoms with Crippen molar-refractivity contribution in [2.45, 2.75) is 32.1 Å². The fraction of sp³-hybridized carbons (Fsp3) is 0.353. The third-order valence-corrected chi connectivity index (χ3v) is 5.47. The van der Waals surface area contributed by atoms with Gasteiger partial charge in [-0.25, -0.2) is 4.98 Å². The number of rotatable bonds is 2. The molecule has 1 aromatic heterocycles. The van der Waals surface area contributed by atoms with Crippen LogP contribution in [0.4, 0.5) is 5.82 Å². The van der Waals surface area contributed by atoms with Gasteiger partial charge in [0.15, 0.2) is 0 Å². The SMILES string of the molecule is O=C1C2=C(CCN1c1cc(B(O)O)ccn1)C1=C(CCCC1)C2=S. The first-order chi connectivity index (χ1) is 11.6. The highest BCUT2D eigenvalue weighted by Crippen LogP contribution is 2.43. The molecule has 0 bridgehead atoms. The molecule has 0 saturated carbocycles. The van der Waals surface area contributed by atoms with Crippen molar-refractivity contribution in [3.63, 3.8) is 0 Å². The van der Waals surface area contributed by atoms with Crippen molar-refractivity contribution in [1.29, 1.82) is 0 Å². The Kier molecular flexibility index (Phi) is 3.87. The van der Waals surface area contributed by atoms with Gasteiger partial charge >= 0.3 is 7.12 Å². The molecule has 24 heavy (non-hydrogen) atoms. The highest BCUT2D eigenvalue weighted by molar-refractivity contribution is 7.81. The number of hydrogen-bond donors (Lipinski definition) is 2. The van der Waals surface area contributed by atoms with E-state index in [1.807, 2.05) is 0 Å². The van der Waals surface area contributed by atoms with Crippen LogP contribution in [0.1, 0.15) is 32.1 Å². The smallest absolute Gasteiger partial charge is 0.423 e. The summed E-state index contributed by atoms with van der Waals surface area (Å²) in [5.74, 6) is 0.317. The van der Waals surface area contributed by atoms with Crippen LogP contribution in [0, 0.1) is 0 Å². The standard InChI is InChI=1S/C17H17BN2O3S/c21-17-15-12(11-3-1-2-4-13(11)16(15)24)6-8-20(17)14-9-10(18(22)23)5-7-19-14/h5,7,9,22-23H,1-4,6,8H2. The summed E-state index contributed by atoms with van der Waals surface area (Å²) in [5.41, 5.74) is 4.62. The number of nitrogens with zero attached hydrogens (tertiary/aromatic N) is 2. The molecule has 3 aliphatic rings. The van der Waals surface area contributed by atoms with Crippen LogP contribution >= 0.6 is 12.2 Å². The number of carbonyl (C=O) groups is 1. The zero-order valence-corrected chi connectivity index (χ0v) is 14.0. The molecule has 2 N–H and O–H groups in total. The zero-order valence-electron chi connectivity index (χ0n) is 13.2. The third kappa shape index (κ3) is 2.35. The third-order valence-electron chi connectivity index (χ3n) is 5.02. The van der Waals surface area contributed by atoms with Gasteiger partial charge in [-0.1, -0.05) is 12.2 Å². The molecule has 0 saturated heterocycles. The summed E-state index contributed by atoms with van der Waals surface area (Å²) in [6.45, 7) is 0.537. The fourth-order valence-corrected chi connectivity index (χ4v) is 4.29. The lowest BCUT2D eigenvalue weighted by Crippen LogP contribution is -2.40. The van der Waals surface area contributed by atoms with Gasteiger partial charge in [-0.3, -0.25) is 9.69 Å². The van der Waals surface area contributed by atoms with Crippen LogP contribution in [0.25, 0.3) is 0 Å². The first-order valence-corrected chi connectivity index (χ1v) is 8.63. The molecule has 2 heterocycles. The molecular formula is C17H17BN2O3S. The predicted molar refractivity (Wildman–Crippen MR) is 96.2 cm³/mol. The zero-order chi connectivity index (χ0) is 16.8. The largest absolute Gasteiger partial charge is 0.488 e. The Hall–Kier alpha value is -1.83. The second-order valence-corrected chi connectivity index (χ2v) is 6.78. The van der Waals surface area contributed by atoms with Crippen LogP contribution in [0.5, 0.6) is 0 Å².